The van der Waals surface area contributed by atoms with Gasteiger partial charge in [-0.15, -0.1) is 0 Å². The second kappa shape index (κ2) is 4.67. The van der Waals surface area contributed by atoms with E-state index < -0.39 is 0 Å². The summed E-state index contributed by atoms with van der Waals surface area (Å²) in [6, 6.07) is 9.08. The Morgan fingerprint density at radius 3 is 1.79 bits per heavy atom. The van der Waals surface area contributed by atoms with Crippen LogP contribution in [0.2, 0.25) is 0 Å². The van der Waals surface area contributed by atoms with Crippen molar-refractivity contribution in [1.82, 2.24) is 0 Å². The average Bonchev–Trinajstić information content (AvgIpc) is 2.77. The third-order valence-electron chi connectivity index (χ3n) is 3.86. The van der Waals surface area contributed by atoms with Gasteiger partial charge in [0.1, 0.15) is 0 Å². The van der Waals surface area contributed by atoms with Crippen molar-refractivity contribution in [3.63, 3.8) is 0 Å². The van der Waals surface area contributed by atoms with Crippen molar-refractivity contribution in [1.29, 1.82) is 0 Å². The second-order valence-corrected chi connectivity index (χ2v) is 7.61. The molecule has 0 heteroatoms. The first-order valence-corrected chi connectivity index (χ1v) is 7.20. The predicted octanol–water partition coefficient (Wildman–Crippen LogP) is 5.74. The van der Waals surface area contributed by atoms with E-state index in [-0.39, 0.29) is 10.8 Å². The van der Waals surface area contributed by atoms with E-state index in [1.54, 1.807) is 0 Å². The molecule has 1 aliphatic carbocycles. The zero-order valence-electron chi connectivity index (χ0n) is 13.2. The summed E-state index contributed by atoms with van der Waals surface area (Å²) in [6.07, 6.45) is 5.81. The lowest BCUT2D eigenvalue weighted by atomic mass is 9.86. The Morgan fingerprint density at radius 1 is 0.789 bits per heavy atom. The summed E-state index contributed by atoms with van der Waals surface area (Å²) in [5, 5.41) is 0. The highest BCUT2D eigenvalue weighted by atomic mass is 14.2. The molecule has 1 aromatic carbocycles. The quantitative estimate of drug-likeness (QED) is 0.599. The van der Waals surface area contributed by atoms with Crippen LogP contribution in [0, 0.1) is 5.41 Å². The average molecular weight is 254 g/mol. The van der Waals surface area contributed by atoms with Gasteiger partial charge in [-0.25, -0.2) is 0 Å². The lowest BCUT2D eigenvalue weighted by Gasteiger charge is -2.19. The van der Waals surface area contributed by atoms with Crippen LogP contribution in [-0.2, 0) is 5.41 Å². The molecule has 1 aliphatic rings. The molecule has 0 bridgehead atoms. The minimum atomic E-state index is 0.234. The van der Waals surface area contributed by atoms with Crippen LogP contribution in [0.15, 0.2) is 42.0 Å². The molecule has 0 spiro atoms. The highest BCUT2D eigenvalue weighted by Gasteiger charge is 2.20. The van der Waals surface area contributed by atoms with E-state index in [0.717, 1.165) is 6.42 Å². The molecule has 0 radical (unpaired) electrons. The van der Waals surface area contributed by atoms with Crippen LogP contribution in [0.4, 0.5) is 0 Å². The molecule has 2 rings (SSSR count). The molecule has 19 heavy (non-hydrogen) atoms. The summed E-state index contributed by atoms with van der Waals surface area (Å²) in [4.78, 5) is 0. The molecule has 0 fully saturated rings. The third kappa shape index (κ3) is 3.18. The third-order valence-corrected chi connectivity index (χ3v) is 3.86. The monoisotopic (exact) mass is 254 g/mol. The van der Waals surface area contributed by atoms with E-state index >= 15 is 0 Å². The first-order chi connectivity index (χ1) is 8.68. The van der Waals surface area contributed by atoms with E-state index in [9.17, 15) is 0 Å². The van der Waals surface area contributed by atoms with Crippen LogP contribution in [0.1, 0.15) is 59.1 Å². The predicted molar refractivity (Wildman–Crippen MR) is 85.3 cm³/mol. The van der Waals surface area contributed by atoms with Crippen LogP contribution in [0.5, 0.6) is 0 Å². The second-order valence-electron chi connectivity index (χ2n) is 7.61. The Hall–Kier alpha value is -1.30. The SMILES string of the molecule is CC(C)(C)C1=CCC(c2ccc(C(C)(C)C)cc2)=C1. The summed E-state index contributed by atoms with van der Waals surface area (Å²) >= 11 is 0. The van der Waals surface area contributed by atoms with Crippen LogP contribution in [-0.4, -0.2) is 0 Å². The molecule has 1 aromatic rings. The molecule has 0 aliphatic heterocycles. The molecule has 0 atom stereocenters. The minimum Gasteiger partial charge on any atom is -0.0763 e. The molecule has 0 N–H and O–H groups in total. The maximum atomic E-state index is 2.37. The summed E-state index contributed by atoms with van der Waals surface area (Å²) in [5.41, 5.74) is 6.17. The van der Waals surface area contributed by atoms with Gasteiger partial charge < -0.3 is 0 Å². The van der Waals surface area contributed by atoms with Gasteiger partial charge in [-0.2, -0.15) is 0 Å². The van der Waals surface area contributed by atoms with Gasteiger partial charge in [-0.3, -0.25) is 0 Å². The lowest BCUT2D eigenvalue weighted by molar-refractivity contribution is 0.518. The van der Waals surface area contributed by atoms with E-state index in [0.29, 0.717) is 0 Å². The fraction of sp³-hybridized carbons (Fsp3) is 0.474. The molecule has 0 saturated heterocycles. The molecule has 102 valence electrons. The van der Waals surface area contributed by atoms with Crippen molar-refractivity contribution in [3.8, 4) is 0 Å². The highest BCUT2D eigenvalue weighted by molar-refractivity contribution is 5.73. The largest absolute Gasteiger partial charge is 0.0763 e. The first kappa shape index (κ1) is 14.1. The Bertz CT molecular complexity index is 511. The molecular formula is C19H26. The van der Waals surface area contributed by atoms with E-state index in [1.165, 1.54) is 22.3 Å². The normalized spacial score (nSPS) is 16.3. The molecule has 0 amide bonds. The van der Waals surface area contributed by atoms with Crippen LogP contribution < -0.4 is 0 Å². The van der Waals surface area contributed by atoms with Gasteiger partial charge in [0.25, 0.3) is 0 Å². The van der Waals surface area contributed by atoms with Crippen LogP contribution in [0.25, 0.3) is 5.57 Å². The number of benzene rings is 1. The highest BCUT2D eigenvalue weighted by Crippen LogP contribution is 2.36. The topological polar surface area (TPSA) is 0 Å². The van der Waals surface area contributed by atoms with Gasteiger partial charge in [0.05, 0.1) is 0 Å². The van der Waals surface area contributed by atoms with Crippen LogP contribution in [0.3, 0.4) is 0 Å². The summed E-state index contributed by atoms with van der Waals surface area (Å²) < 4.78 is 0. The summed E-state index contributed by atoms with van der Waals surface area (Å²) in [6.45, 7) is 13.6. The zero-order chi connectivity index (χ0) is 14.3. The van der Waals surface area contributed by atoms with Crippen molar-refractivity contribution in [2.45, 2.75) is 53.4 Å². The number of rotatable bonds is 1. The summed E-state index contributed by atoms with van der Waals surface area (Å²) in [5.74, 6) is 0. The molecule has 0 aromatic heterocycles. The Labute approximate surface area is 118 Å². The lowest BCUT2D eigenvalue weighted by Crippen LogP contribution is -2.10. The van der Waals surface area contributed by atoms with Crippen LogP contribution >= 0.6 is 0 Å². The van der Waals surface area contributed by atoms with Crippen molar-refractivity contribution >= 4 is 5.57 Å². The van der Waals surface area contributed by atoms with Gasteiger partial charge in [0, 0.05) is 0 Å². The van der Waals surface area contributed by atoms with E-state index in [1.807, 2.05) is 0 Å². The summed E-state index contributed by atoms with van der Waals surface area (Å²) in [7, 11) is 0. The van der Waals surface area contributed by atoms with E-state index in [2.05, 4.69) is 78.0 Å². The maximum absolute atomic E-state index is 2.37. The van der Waals surface area contributed by atoms with Gasteiger partial charge in [0.15, 0.2) is 0 Å². The van der Waals surface area contributed by atoms with Crippen molar-refractivity contribution in [2.75, 3.05) is 0 Å². The van der Waals surface area contributed by atoms with Crippen molar-refractivity contribution < 1.29 is 0 Å². The number of hydrogen-bond acceptors (Lipinski definition) is 0. The van der Waals surface area contributed by atoms with Gasteiger partial charge in [0.2, 0.25) is 0 Å². The first-order valence-electron chi connectivity index (χ1n) is 7.20. The molecule has 0 nitrogen and oxygen atoms in total. The number of allylic oxidation sites excluding steroid dienone is 4. The minimum absolute atomic E-state index is 0.234. The zero-order valence-corrected chi connectivity index (χ0v) is 13.2. The Balaban J connectivity index is 2.22. The maximum Gasteiger partial charge on any atom is -0.00854 e. The smallest absolute Gasteiger partial charge is 0.00854 e. The molecular weight excluding hydrogens is 228 g/mol. The van der Waals surface area contributed by atoms with Crippen molar-refractivity contribution in [2.24, 2.45) is 5.41 Å². The van der Waals surface area contributed by atoms with Gasteiger partial charge in [-0.05, 0) is 39.5 Å². The van der Waals surface area contributed by atoms with Gasteiger partial charge >= 0.3 is 0 Å². The van der Waals surface area contributed by atoms with Crippen molar-refractivity contribution in [3.05, 3.63) is 53.1 Å². The fourth-order valence-electron chi connectivity index (χ4n) is 2.43. The standard InChI is InChI=1S/C19H26/c1-18(2,3)16-10-7-14(8-11-16)15-9-12-17(13-15)19(4,5)6/h7-8,10-13H,9H2,1-6H3. The van der Waals surface area contributed by atoms with Gasteiger partial charge in [-0.1, -0.05) is 78.0 Å². The molecule has 0 heterocycles. The Morgan fingerprint density at radius 2 is 1.37 bits per heavy atom. The number of hydrogen-bond donors (Lipinski definition) is 0. The fourth-order valence-corrected chi connectivity index (χ4v) is 2.43. The molecule has 0 unspecified atom stereocenters. The Kier molecular flexibility index (Phi) is 3.47. The molecule has 0 saturated carbocycles. The van der Waals surface area contributed by atoms with E-state index in [4.69, 9.17) is 0 Å².